The lowest BCUT2D eigenvalue weighted by Gasteiger charge is -2.18. The number of nitrogens with zero attached hydrogens (tertiary/aromatic N) is 1. The van der Waals surface area contributed by atoms with Crippen LogP contribution in [0.2, 0.25) is 10.0 Å². The number of sulfonamides is 1. The highest BCUT2D eigenvalue weighted by molar-refractivity contribution is 7.89. The highest BCUT2D eigenvalue weighted by atomic mass is 35.5. The van der Waals surface area contributed by atoms with E-state index in [4.69, 9.17) is 23.2 Å². The maximum absolute atomic E-state index is 12.5. The fraction of sp³-hybridized carbons (Fsp3) is 0.188. The van der Waals surface area contributed by atoms with Crippen molar-refractivity contribution >= 4 is 44.8 Å². The van der Waals surface area contributed by atoms with Gasteiger partial charge in [-0.3, -0.25) is 4.79 Å². The van der Waals surface area contributed by atoms with E-state index in [-0.39, 0.29) is 20.6 Å². The second-order valence-electron chi connectivity index (χ2n) is 5.46. The van der Waals surface area contributed by atoms with Gasteiger partial charge in [0.1, 0.15) is 4.90 Å². The number of carbonyl (C=O) groups is 1. The molecule has 0 saturated heterocycles. The molecule has 0 aliphatic carbocycles. The van der Waals surface area contributed by atoms with E-state index in [1.54, 1.807) is 0 Å². The van der Waals surface area contributed by atoms with Gasteiger partial charge in [-0.05, 0) is 42.5 Å². The molecule has 1 N–H and O–H groups in total. The number of hydrogen-bond acceptors (Lipinski definition) is 3. The van der Waals surface area contributed by atoms with E-state index in [1.165, 1.54) is 19.2 Å². The van der Waals surface area contributed by atoms with Gasteiger partial charge >= 0.3 is 6.18 Å². The van der Waals surface area contributed by atoms with Gasteiger partial charge in [-0.1, -0.05) is 23.2 Å². The lowest BCUT2D eigenvalue weighted by atomic mass is 10.2. The van der Waals surface area contributed by atoms with Crippen molar-refractivity contribution in [1.29, 1.82) is 0 Å². The molecule has 0 fully saturated rings. The van der Waals surface area contributed by atoms with Crippen LogP contribution in [0.5, 0.6) is 0 Å². The topological polar surface area (TPSA) is 66.5 Å². The molecule has 0 unspecified atom stereocenters. The molecule has 0 heterocycles. The lowest BCUT2D eigenvalue weighted by Crippen LogP contribution is -2.35. The first-order valence-corrected chi connectivity index (χ1v) is 9.49. The van der Waals surface area contributed by atoms with Crippen LogP contribution in [-0.4, -0.2) is 32.2 Å². The SMILES string of the molecule is CN(CC(=O)Nc1ccc(C(F)(F)F)cc1)S(=O)(=O)c1cc(Cl)ccc1Cl. The van der Waals surface area contributed by atoms with Crippen molar-refractivity contribution in [3.05, 3.63) is 58.1 Å². The third-order valence-electron chi connectivity index (χ3n) is 3.44. The van der Waals surface area contributed by atoms with Crippen LogP contribution in [0.3, 0.4) is 0 Å². The highest BCUT2D eigenvalue weighted by Gasteiger charge is 2.30. The second kappa shape index (κ2) is 8.05. The molecule has 27 heavy (non-hydrogen) atoms. The van der Waals surface area contributed by atoms with Gasteiger partial charge in [0.25, 0.3) is 0 Å². The molecule has 2 aromatic carbocycles. The minimum Gasteiger partial charge on any atom is -0.325 e. The van der Waals surface area contributed by atoms with E-state index >= 15 is 0 Å². The van der Waals surface area contributed by atoms with Crippen LogP contribution in [0, 0.1) is 0 Å². The average Bonchev–Trinajstić information content (AvgIpc) is 2.56. The summed E-state index contributed by atoms with van der Waals surface area (Å²) >= 11 is 11.7. The molecule has 2 aromatic rings. The predicted octanol–water partition coefficient (Wildman–Crippen LogP) is 4.27. The number of nitrogens with one attached hydrogen (secondary N) is 1. The summed E-state index contributed by atoms with van der Waals surface area (Å²) in [5, 5.41) is 2.42. The normalized spacial score (nSPS) is 12.3. The number of hydrogen-bond donors (Lipinski definition) is 1. The number of carbonyl (C=O) groups excluding carboxylic acids is 1. The Morgan fingerprint density at radius 1 is 1.11 bits per heavy atom. The first-order valence-electron chi connectivity index (χ1n) is 7.30. The smallest absolute Gasteiger partial charge is 0.325 e. The van der Waals surface area contributed by atoms with Gasteiger partial charge in [-0.15, -0.1) is 0 Å². The van der Waals surface area contributed by atoms with Crippen molar-refractivity contribution < 1.29 is 26.4 Å². The van der Waals surface area contributed by atoms with Crippen molar-refractivity contribution in [2.45, 2.75) is 11.1 Å². The van der Waals surface area contributed by atoms with Crippen molar-refractivity contribution in [1.82, 2.24) is 4.31 Å². The van der Waals surface area contributed by atoms with E-state index in [0.717, 1.165) is 34.6 Å². The van der Waals surface area contributed by atoms with E-state index < -0.39 is 34.2 Å². The number of rotatable bonds is 5. The molecular weight excluding hydrogens is 428 g/mol. The van der Waals surface area contributed by atoms with E-state index in [0.29, 0.717) is 0 Å². The highest BCUT2D eigenvalue weighted by Crippen LogP contribution is 2.30. The molecule has 146 valence electrons. The Morgan fingerprint density at radius 2 is 1.70 bits per heavy atom. The monoisotopic (exact) mass is 440 g/mol. The Kier molecular flexibility index (Phi) is 6.41. The maximum atomic E-state index is 12.5. The van der Waals surface area contributed by atoms with Crippen molar-refractivity contribution in [2.75, 3.05) is 18.9 Å². The lowest BCUT2D eigenvalue weighted by molar-refractivity contribution is -0.137. The van der Waals surface area contributed by atoms with Gasteiger partial charge in [-0.25, -0.2) is 8.42 Å². The molecular formula is C16H13Cl2F3N2O3S. The number of halogens is 5. The molecule has 5 nitrogen and oxygen atoms in total. The third kappa shape index (κ3) is 5.35. The number of amides is 1. The molecule has 1 amide bonds. The summed E-state index contributed by atoms with van der Waals surface area (Å²) in [5.41, 5.74) is -0.768. The molecule has 0 bridgehead atoms. The van der Waals surface area contributed by atoms with Crippen LogP contribution in [0.25, 0.3) is 0 Å². The molecule has 0 aliphatic rings. The van der Waals surface area contributed by atoms with Crippen LogP contribution in [0.1, 0.15) is 5.56 Å². The van der Waals surface area contributed by atoms with Gasteiger partial charge < -0.3 is 5.32 Å². The molecule has 0 radical (unpaired) electrons. The number of benzene rings is 2. The van der Waals surface area contributed by atoms with Crippen LogP contribution < -0.4 is 5.32 Å². The largest absolute Gasteiger partial charge is 0.416 e. The Bertz CT molecular complexity index is 948. The Labute approximate surface area is 163 Å². The van der Waals surface area contributed by atoms with E-state index in [2.05, 4.69) is 5.32 Å². The summed E-state index contributed by atoms with van der Waals surface area (Å²) in [6, 6.07) is 7.65. The minimum absolute atomic E-state index is 0.0607. The van der Waals surface area contributed by atoms with Gasteiger partial charge in [0.15, 0.2) is 0 Å². The van der Waals surface area contributed by atoms with Crippen molar-refractivity contribution in [3.8, 4) is 0 Å². The number of anilines is 1. The molecule has 2 rings (SSSR count). The quantitative estimate of drug-likeness (QED) is 0.754. The van der Waals surface area contributed by atoms with Gasteiger partial charge in [-0.2, -0.15) is 17.5 Å². The predicted molar refractivity (Wildman–Crippen MR) is 96.4 cm³/mol. The van der Waals surface area contributed by atoms with Crippen LogP contribution in [-0.2, 0) is 21.0 Å². The fourth-order valence-electron chi connectivity index (χ4n) is 2.07. The summed E-state index contributed by atoms with van der Waals surface area (Å²) in [5.74, 6) is -0.737. The van der Waals surface area contributed by atoms with Crippen LogP contribution in [0.4, 0.5) is 18.9 Å². The molecule has 0 atom stereocenters. The molecule has 0 saturated carbocycles. The zero-order valence-electron chi connectivity index (χ0n) is 13.7. The maximum Gasteiger partial charge on any atom is 0.416 e. The Hall–Kier alpha value is -1.81. The Morgan fingerprint density at radius 3 is 2.26 bits per heavy atom. The summed E-state index contributed by atoms with van der Waals surface area (Å²) in [6.07, 6.45) is -4.49. The van der Waals surface area contributed by atoms with Gasteiger partial charge in [0.05, 0.1) is 17.1 Å². The van der Waals surface area contributed by atoms with Crippen LogP contribution in [0.15, 0.2) is 47.4 Å². The standard InChI is InChI=1S/C16H13Cl2F3N2O3S/c1-23(27(25,26)14-8-11(17)4-7-13(14)18)9-15(24)22-12-5-2-10(3-6-12)16(19,20)21/h2-8H,9H2,1H3,(H,22,24). The first kappa shape index (κ1) is 21.5. The fourth-order valence-corrected chi connectivity index (χ4v) is 3.93. The van der Waals surface area contributed by atoms with E-state index in [1.807, 2.05) is 0 Å². The Balaban J connectivity index is 2.10. The average molecular weight is 441 g/mol. The van der Waals surface area contributed by atoms with Gasteiger partial charge in [0.2, 0.25) is 15.9 Å². The molecule has 0 aliphatic heterocycles. The zero-order chi connectivity index (χ0) is 20.4. The summed E-state index contributed by atoms with van der Waals surface area (Å²) in [6.45, 7) is -0.577. The molecule has 0 spiro atoms. The third-order valence-corrected chi connectivity index (χ3v) is 5.96. The van der Waals surface area contributed by atoms with Gasteiger partial charge in [0, 0.05) is 17.8 Å². The van der Waals surface area contributed by atoms with Crippen LogP contribution >= 0.6 is 23.2 Å². The summed E-state index contributed by atoms with van der Waals surface area (Å²) in [4.78, 5) is 11.8. The molecule has 11 heteroatoms. The molecule has 0 aromatic heterocycles. The number of likely N-dealkylation sites (N-methyl/N-ethyl adjacent to an activating group) is 1. The van der Waals surface area contributed by atoms with Crippen molar-refractivity contribution in [2.24, 2.45) is 0 Å². The zero-order valence-corrected chi connectivity index (χ0v) is 16.0. The number of alkyl halides is 3. The summed E-state index contributed by atoms with van der Waals surface area (Å²) < 4.78 is 63.4. The van der Waals surface area contributed by atoms with Crippen molar-refractivity contribution in [3.63, 3.8) is 0 Å². The van der Waals surface area contributed by atoms with E-state index in [9.17, 15) is 26.4 Å². The summed E-state index contributed by atoms with van der Waals surface area (Å²) in [7, 11) is -2.93. The second-order valence-corrected chi connectivity index (χ2v) is 8.32. The first-order chi connectivity index (χ1) is 12.4. The minimum atomic E-state index is -4.49.